The van der Waals surface area contributed by atoms with E-state index in [0.29, 0.717) is 31.5 Å². The monoisotopic (exact) mass is 615 g/mol. The van der Waals surface area contributed by atoms with Crippen LogP contribution in [0.5, 0.6) is 0 Å². The van der Waals surface area contributed by atoms with Crippen LogP contribution < -0.4 is 15.8 Å². The van der Waals surface area contributed by atoms with Crippen molar-refractivity contribution in [3.8, 4) is 0 Å². The summed E-state index contributed by atoms with van der Waals surface area (Å²) in [6.45, 7) is 1.13. The smallest absolute Gasteiger partial charge is 0.333 e. The largest absolute Gasteiger partial charge is 0.393 e. The molecule has 0 aromatic carbocycles. The second-order valence-corrected chi connectivity index (χ2v) is 11.8. The van der Waals surface area contributed by atoms with E-state index in [-0.39, 0.29) is 29.6 Å². The standard InChI is InChI=1S/C21H21BrClN6O5S2/c22-17-3-1-2-14(29-17)18(24)12-6-16(35-20(12)23)19(31)13-8-25-9-26-21(13)28-11-4-10(15(30)5-11)7-27-36(32,33)34/h1-3,6-11,15,18,27,30H,4-5,24H2,(H,25,26,28)(H,32,33,34)/t10-,11-,15+,18+/m1/s1. The van der Waals surface area contributed by atoms with E-state index in [4.69, 9.17) is 21.9 Å². The maximum Gasteiger partial charge on any atom is 0.333 e. The molecule has 4 atom stereocenters. The van der Waals surface area contributed by atoms with Gasteiger partial charge in [-0.25, -0.2) is 15.0 Å². The number of rotatable bonds is 9. The van der Waals surface area contributed by atoms with Crippen molar-refractivity contribution in [3.05, 3.63) is 74.0 Å². The minimum absolute atomic E-state index is 0.203. The van der Waals surface area contributed by atoms with Gasteiger partial charge in [0.15, 0.2) is 0 Å². The Kier molecular flexibility index (Phi) is 8.36. The first-order chi connectivity index (χ1) is 17.0. The number of aliphatic hydroxyl groups is 1. The molecule has 191 valence electrons. The van der Waals surface area contributed by atoms with Crippen LogP contribution in [0.4, 0.5) is 5.82 Å². The Labute approximate surface area is 224 Å². The molecule has 4 rings (SSSR count). The summed E-state index contributed by atoms with van der Waals surface area (Å²) in [5.41, 5.74) is 7.71. The highest BCUT2D eigenvalue weighted by Crippen LogP contribution is 2.36. The minimum atomic E-state index is -4.41. The van der Waals surface area contributed by atoms with Crippen LogP contribution in [0.1, 0.15) is 45.4 Å². The molecule has 36 heavy (non-hydrogen) atoms. The second-order valence-electron chi connectivity index (χ2n) is 8.12. The van der Waals surface area contributed by atoms with Crippen LogP contribution in [0.2, 0.25) is 4.34 Å². The number of anilines is 1. The molecular weight excluding hydrogens is 596 g/mol. The highest BCUT2D eigenvalue weighted by Gasteiger charge is 2.34. The molecule has 3 aromatic heterocycles. The average molecular weight is 617 g/mol. The molecule has 3 aromatic rings. The van der Waals surface area contributed by atoms with Crippen LogP contribution in [0.25, 0.3) is 0 Å². The van der Waals surface area contributed by atoms with E-state index < -0.39 is 28.4 Å². The van der Waals surface area contributed by atoms with Crippen LogP contribution in [-0.4, -0.2) is 51.0 Å². The maximum atomic E-state index is 13.4. The Hall–Kier alpha value is -2.04. The lowest BCUT2D eigenvalue weighted by Gasteiger charge is -2.15. The van der Waals surface area contributed by atoms with Gasteiger partial charge in [0.2, 0.25) is 5.78 Å². The van der Waals surface area contributed by atoms with E-state index in [1.807, 2.05) is 4.72 Å². The number of pyridine rings is 1. The van der Waals surface area contributed by atoms with Gasteiger partial charge in [-0.2, -0.15) is 13.1 Å². The summed E-state index contributed by atoms with van der Waals surface area (Å²) in [5, 5.41) is 13.4. The van der Waals surface area contributed by atoms with Crippen LogP contribution in [0, 0.1) is 12.5 Å². The number of halogens is 2. The lowest BCUT2D eigenvalue weighted by molar-refractivity contribution is 0.104. The molecule has 3 heterocycles. The summed E-state index contributed by atoms with van der Waals surface area (Å²) in [5.74, 6) is -0.642. The Balaban J connectivity index is 1.51. The third kappa shape index (κ3) is 6.44. The zero-order valence-electron chi connectivity index (χ0n) is 18.4. The predicted molar refractivity (Wildman–Crippen MR) is 138 cm³/mol. The molecule has 1 fully saturated rings. The van der Waals surface area contributed by atoms with Gasteiger partial charge in [-0.3, -0.25) is 9.35 Å². The van der Waals surface area contributed by atoms with Gasteiger partial charge in [0.25, 0.3) is 0 Å². The topological polar surface area (TPSA) is 180 Å². The fourth-order valence-electron chi connectivity index (χ4n) is 3.92. The van der Waals surface area contributed by atoms with Crippen LogP contribution in [-0.2, 0) is 10.3 Å². The molecule has 1 aliphatic rings. The van der Waals surface area contributed by atoms with Crippen molar-refractivity contribution in [1.29, 1.82) is 0 Å². The fraction of sp³-hybridized carbons (Fsp3) is 0.286. The molecule has 0 spiro atoms. The number of carbonyl (C=O) groups excluding carboxylic acids is 1. The number of nitrogens with zero attached hydrogens (tertiary/aromatic N) is 3. The van der Waals surface area contributed by atoms with E-state index in [0.717, 1.165) is 17.9 Å². The Morgan fingerprint density at radius 3 is 2.86 bits per heavy atom. The second kappa shape index (κ2) is 11.1. The number of thiophene rings is 1. The number of nitrogens with two attached hydrogens (primary N) is 1. The average Bonchev–Trinajstić information content (AvgIpc) is 3.38. The Morgan fingerprint density at radius 1 is 1.36 bits per heavy atom. The Bertz CT molecular complexity index is 1370. The van der Waals surface area contributed by atoms with Crippen molar-refractivity contribution >= 4 is 60.8 Å². The first-order valence-electron chi connectivity index (χ1n) is 10.6. The van der Waals surface area contributed by atoms with E-state index in [9.17, 15) is 18.3 Å². The third-order valence-corrected chi connectivity index (χ3v) is 7.90. The molecule has 0 aliphatic heterocycles. The van der Waals surface area contributed by atoms with Gasteiger partial charge >= 0.3 is 10.3 Å². The molecule has 11 nitrogen and oxygen atoms in total. The van der Waals surface area contributed by atoms with E-state index in [1.54, 1.807) is 24.3 Å². The maximum absolute atomic E-state index is 13.4. The summed E-state index contributed by atoms with van der Waals surface area (Å²) in [6, 6.07) is 6.03. The van der Waals surface area contributed by atoms with Gasteiger partial charge in [-0.1, -0.05) is 17.7 Å². The van der Waals surface area contributed by atoms with Crippen LogP contribution in [0.15, 0.2) is 41.4 Å². The fourth-order valence-corrected chi connectivity index (χ4v) is 5.93. The van der Waals surface area contributed by atoms with E-state index >= 15 is 0 Å². The van der Waals surface area contributed by atoms with Crippen molar-refractivity contribution < 1.29 is 22.9 Å². The highest BCUT2D eigenvalue weighted by molar-refractivity contribution is 9.10. The van der Waals surface area contributed by atoms with Crippen molar-refractivity contribution in [2.45, 2.75) is 31.0 Å². The summed E-state index contributed by atoms with van der Waals surface area (Å²) < 4.78 is 33.6. The van der Waals surface area contributed by atoms with Gasteiger partial charge < -0.3 is 16.2 Å². The first-order valence-corrected chi connectivity index (χ1v) is 14.0. The number of hydrogen-bond donors (Lipinski definition) is 5. The third-order valence-electron chi connectivity index (χ3n) is 5.63. The zero-order chi connectivity index (χ0) is 26.0. The van der Waals surface area contributed by atoms with Crippen LogP contribution >= 0.6 is 38.9 Å². The highest BCUT2D eigenvalue weighted by atomic mass is 79.9. The number of ketones is 1. The quantitative estimate of drug-likeness (QED) is 0.136. The molecule has 1 saturated carbocycles. The lowest BCUT2D eigenvalue weighted by atomic mass is 10.1. The zero-order valence-corrected chi connectivity index (χ0v) is 22.4. The SMILES string of the molecule is N[C@H](c1cccc(Br)n1)c1cc(C(=O)c2cncnc2N[C@H]2C[C@H](O)[C@@H]([CH]NS(=O)(=O)O)C2)sc1Cl. The normalized spacial score (nSPS) is 20.9. The molecule has 0 amide bonds. The molecule has 15 heteroatoms. The number of carbonyl (C=O) groups is 1. The molecule has 0 unspecified atom stereocenters. The van der Waals surface area contributed by atoms with Gasteiger partial charge in [-0.05, 0) is 47.0 Å². The molecule has 0 bridgehead atoms. The number of aromatic nitrogens is 3. The molecule has 1 aliphatic carbocycles. The van der Waals surface area contributed by atoms with Gasteiger partial charge in [0, 0.05) is 30.3 Å². The van der Waals surface area contributed by atoms with Crippen molar-refractivity contribution in [3.63, 3.8) is 0 Å². The summed E-state index contributed by atoms with van der Waals surface area (Å²) in [7, 11) is -4.41. The van der Waals surface area contributed by atoms with E-state index in [1.165, 1.54) is 12.5 Å². The van der Waals surface area contributed by atoms with Crippen LogP contribution in [0.3, 0.4) is 0 Å². The summed E-state index contributed by atoms with van der Waals surface area (Å²) >= 11 is 10.8. The van der Waals surface area contributed by atoms with Gasteiger partial charge in [0.05, 0.1) is 32.6 Å². The lowest BCUT2D eigenvalue weighted by Crippen LogP contribution is -2.27. The van der Waals surface area contributed by atoms with Gasteiger partial charge in [-0.15, -0.1) is 11.3 Å². The molecular formula is C21H21BrClN6O5S2. The first kappa shape index (κ1) is 27.0. The minimum Gasteiger partial charge on any atom is -0.393 e. The van der Waals surface area contributed by atoms with Crippen molar-refractivity contribution in [1.82, 2.24) is 19.7 Å². The molecule has 6 N–H and O–H groups in total. The summed E-state index contributed by atoms with van der Waals surface area (Å²) in [6.07, 6.45) is 2.43. The van der Waals surface area contributed by atoms with Gasteiger partial charge in [0.1, 0.15) is 16.7 Å². The number of nitrogens with one attached hydrogen (secondary N) is 2. The molecule has 0 saturated heterocycles. The summed E-state index contributed by atoms with van der Waals surface area (Å²) in [4.78, 5) is 26.2. The molecule has 1 radical (unpaired) electrons. The number of aliphatic hydroxyl groups excluding tert-OH is 1. The van der Waals surface area contributed by atoms with E-state index in [2.05, 4.69) is 36.2 Å². The Morgan fingerprint density at radius 2 is 2.14 bits per heavy atom. The van der Waals surface area contributed by atoms with Crippen molar-refractivity contribution in [2.24, 2.45) is 11.7 Å². The van der Waals surface area contributed by atoms with Crippen molar-refractivity contribution in [2.75, 3.05) is 5.32 Å². The number of hydrogen-bond acceptors (Lipinski definition) is 10. The predicted octanol–water partition coefficient (Wildman–Crippen LogP) is 2.73.